The lowest BCUT2D eigenvalue weighted by molar-refractivity contribution is 0.0996. The normalized spacial score (nSPS) is 11.6. The van der Waals surface area contributed by atoms with Gasteiger partial charge in [0.15, 0.2) is 5.69 Å². The van der Waals surface area contributed by atoms with Gasteiger partial charge in [-0.1, -0.05) is 12.1 Å². The fourth-order valence-corrected chi connectivity index (χ4v) is 3.50. The molecule has 2 aromatic carbocycles. The second kappa shape index (κ2) is 6.55. The predicted octanol–water partition coefficient (Wildman–Crippen LogP) is 1.83. The third-order valence-corrected chi connectivity index (χ3v) is 5.25. The van der Waals surface area contributed by atoms with Crippen LogP contribution in [0.3, 0.4) is 0 Å². The number of sulfonamides is 1. The zero-order valence-electron chi connectivity index (χ0n) is 14.5. The Balaban J connectivity index is 1.93. The number of hydrogen-bond acceptors (Lipinski definition) is 5. The molecule has 0 fully saturated rings. The molecule has 0 aliphatic rings. The minimum absolute atomic E-state index is 0.0149. The van der Waals surface area contributed by atoms with Crippen LogP contribution in [0, 0.1) is 0 Å². The minimum Gasteiger partial charge on any atom is -0.364 e. The van der Waals surface area contributed by atoms with Crippen LogP contribution < -0.4 is 10.9 Å². The zero-order chi connectivity index (χ0) is 19.9. The molecular weight excluding hydrogens is 378 g/mol. The van der Waals surface area contributed by atoms with E-state index in [-0.39, 0.29) is 10.6 Å². The number of hydrogen-bond donors (Lipinski definition) is 2. The average molecular weight is 393 g/mol. The van der Waals surface area contributed by atoms with E-state index in [4.69, 9.17) is 10.9 Å². The summed E-state index contributed by atoms with van der Waals surface area (Å²) in [6.45, 7) is 0. The van der Waals surface area contributed by atoms with Crippen molar-refractivity contribution in [2.24, 2.45) is 10.9 Å². The van der Waals surface area contributed by atoms with Gasteiger partial charge in [0.2, 0.25) is 10.0 Å². The topological polar surface area (TPSA) is 134 Å². The van der Waals surface area contributed by atoms with Crippen LogP contribution in [-0.2, 0) is 10.0 Å². The van der Waals surface area contributed by atoms with Crippen molar-refractivity contribution in [1.29, 1.82) is 0 Å². The Bertz CT molecular complexity index is 1300. The van der Waals surface area contributed by atoms with E-state index in [0.717, 1.165) is 11.1 Å². The van der Waals surface area contributed by atoms with Gasteiger partial charge < -0.3 is 5.73 Å². The molecule has 1 amide bonds. The van der Waals surface area contributed by atoms with Gasteiger partial charge >= 0.3 is 0 Å². The molecule has 0 aliphatic carbocycles. The first-order valence-electron chi connectivity index (χ1n) is 8.21. The van der Waals surface area contributed by atoms with Crippen LogP contribution in [0.2, 0.25) is 0 Å². The molecule has 0 unspecified atom stereocenters. The van der Waals surface area contributed by atoms with Crippen molar-refractivity contribution in [3.63, 3.8) is 0 Å². The van der Waals surface area contributed by atoms with E-state index < -0.39 is 15.9 Å². The number of primary sulfonamides is 1. The van der Waals surface area contributed by atoms with E-state index >= 15 is 0 Å². The van der Waals surface area contributed by atoms with Gasteiger partial charge in [0.25, 0.3) is 5.91 Å². The number of carbonyl (C=O) groups is 1. The lowest BCUT2D eigenvalue weighted by Gasteiger charge is -2.06. The molecule has 0 saturated heterocycles. The number of nitrogens with two attached hydrogens (primary N) is 2. The van der Waals surface area contributed by atoms with Gasteiger partial charge in [-0.3, -0.25) is 9.78 Å². The molecule has 2 aromatic heterocycles. The average Bonchev–Trinajstić information content (AvgIpc) is 3.07. The Morgan fingerprint density at radius 1 is 1.00 bits per heavy atom. The molecule has 4 aromatic rings. The number of primary amides is 1. The number of amides is 1. The number of carbonyl (C=O) groups excluding carboxylic acids is 1. The number of pyridine rings is 1. The number of rotatable bonds is 4. The Labute approximate surface area is 160 Å². The van der Waals surface area contributed by atoms with E-state index in [2.05, 4.69) is 10.1 Å². The summed E-state index contributed by atoms with van der Waals surface area (Å²) in [5.74, 6) is -0.654. The second-order valence-corrected chi connectivity index (χ2v) is 7.70. The molecule has 4 rings (SSSR count). The van der Waals surface area contributed by atoms with Gasteiger partial charge in [0.05, 0.1) is 16.1 Å². The molecule has 0 radical (unpaired) electrons. The van der Waals surface area contributed by atoms with Crippen molar-refractivity contribution < 1.29 is 13.2 Å². The monoisotopic (exact) mass is 393 g/mol. The van der Waals surface area contributed by atoms with Crippen LogP contribution in [0.5, 0.6) is 0 Å². The Morgan fingerprint density at radius 2 is 1.75 bits per heavy atom. The molecule has 4 N–H and O–H groups in total. The lowest BCUT2D eigenvalue weighted by Crippen LogP contribution is -2.13. The maximum atomic E-state index is 11.8. The maximum Gasteiger partial charge on any atom is 0.269 e. The van der Waals surface area contributed by atoms with Crippen molar-refractivity contribution in [3.05, 3.63) is 72.7 Å². The number of aromatic nitrogens is 3. The first-order valence-corrected chi connectivity index (χ1v) is 9.75. The molecule has 0 atom stereocenters. The second-order valence-electron chi connectivity index (χ2n) is 6.14. The van der Waals surface area contributed by atoms with E-state index in [9.17, 15) is 13.2 Å². The number of nitrogens with zero attached hydrogens (tertiary/aromatic N) is 3. The van der Waals surface area contributed by atoms with E-state index in [1.165, 1.54) is 12.1 Å². The first-order chi connectivity index (χ1) is 13.3. The molecule has 0 aliphatic heterocycles. The van der Waals surface area contributed by atoms with Crippen molar-refractivity contribution in [2.75, 3.05) is 0 Å². The molecule has 0 saturated carbocycles. The highest BCUT2D eigenvalue weighted by Gasteiger charge is 2.17. The van der Waals surface area contributed by atoms with Crippen molar-refractivity contribution >= 4 is 26.8 Å². The zero-order valence-corrected chi connectivity index (χ0v) is 15.3. The molecule has 9 heteroatoms. The number of benzene rings is 2. The van der Waals surface area contributed by atoms with E-state index in [0.29, 0.717) is 16.6 Å². The molecule has 0 bridgehead atoms. The smallest absolute Gasteiger partial charge is 0.269 e. The maximum absolute atomic E-state index is 11.8. The van der Waals surface area contributed by atoms with Crippen LogP contribution in [0.1, 0.15) is 10.5 Å². The van der Waals surface area contributed by atoms with Crippen LogP contribution in [0.15, 0.2) is 71.9 Å². The molecule has 140 valence electrons. The van der Waals surface area contributed by atoms with Crippen LogP contribution in [0.25, 0.3) is 27.7 Å². The largest absolute Gasteiger partial charge is 0.364 e. The van der Waals surface area contributed by atoms with Crippen molar-refractivity contribution in [2.45, 2.75) is 4.90 Å². The third-order valence-electron chi connectivity index (χ3n) is 4.32. The number of fused-ring (bicyclic) bond motifs is 1. The summed E-state index contributed by atoms with van der Waals surface area (Å²) in [6.07, 6.45) is 3.42. The van der Waals surface area contributed by atoms with E-state index in [1.807, 2.05) is 24.3 Å². The van der Waals surface area contributed by atoms with Gasteiger partial charge in [-0.15, -0.1) is 0 Å². The summed E-state index contributed by atoms with van der Waals surface area (Å²) < 4.78 is 24.5. The van der Waals surface area contributed by atoms with Gasteiger partial charge in [0.1, 0.15) is 0 Å². The fourth-order valence-electron chi connectivity index (χ4n) is 2.98. The summed E-state index contributed by atoms with van der Waals surface area (Å²) in [6, 6.07) is 15.2. The highest BCUT2D eigenvalue weighted by atomic mass is 32.2. The van der Waals surface area contributed by atoms with Gasteiger partial charge in [-0.05, 0) is 48.0 Å². The Kier molecular flexibility index (Phi) is 4.17. The molecule has 2 heterocycles. The molecule has 0 spiro atoms. The SMILES string of the molecule is NC(=O)c1nn(-c2ccc(S(N)(=O)=O)cc2)c2cc(-c3cccnc3)ccc12. The van der Waals surface area contributed by atoms with E-state index in [1.54, 1.807) is 35.3 Å². The summed E-state index contributed by atoms with van der Waals surface area (Å²) in [4.78, 5) is 15.9. The Hall–Kier alpha value is -3.56. The van der Waals surface area contributed by atoms with Crippen molar-refractivity contribution in [3.8, 4) is 16.8 Å². The first kappa shape index (κ1) is 17.8. The quantitative estimate of drug-likeness (QED) is 0.545. The summed E-state index contributed by atoms with van der Waals surface area (Å²) in [5.41, 5.74) is 8.62. The lowest BCUT2D eigenvalue weighted by atomic mass is 10.1. The van der Waals surface area contributed by atoms with Gasteiger partial charge in [-0.2, -0.15) is 5.10 Å². The Morgan fingerprint density at radius 3 is 2.36 bits per heavy atom. The van der Waals surface area contributed by atoms with Gasteiger partial charge in [0, 0.05) is 23.3 Å². The minimum atomic E-state index is -3.81. The standard InChI is InChI=1S/C19H15N5O3S/c20-19(25)18-16-8-3-12(13-2-1-9-22-11-13)10-17(16)24(23-18)14-4-6-15(7-5-14)28(21,26)27/h1-11H,(H2,20,25)(H2,21,26,27). The highest BCUT2D eigenvalue weighted by molar-refractivity contribution is 7.89. The summed E-state index contributed by atoms with van der Waals surface area (Å²) >= 11 is 0. The third kappa shape index (κ3) is 3.13. The van der Waals surface area contributed by atoms with Crippen molar-refractivity contribution in [1.82, 2.24) is 14.8 Å². The van der Waals surface area contributed by atoms with Crippen LogP contribution in [-0.4, -0.2) is 29.1 Å². The summed E-state index contributed by atoms with van der Waals surface area (Å²) in [7, 11) is -3.81. The molecule has 28 heavy (non-hydrogen) atoms. The molecule has 8 nitrogen and oxygen atoms in total. The fraction of sp³-hybridized carbons (Fsp3) is 0. The molecular formula is C19H15N5O3S. The summed E-state index contributed by atoms with van der Waals surface area (Å²) in [5, 5.41) is 10.1. The van der Waals surface area contributed by atoms with Gasteiger partial charge in [-0.25, -0.2) is 18.2 Å². The van der Waals surface area contributed by atoms with Crippen LogP contribution >= 0.6 is 0 Å². The van der Waals surface area contributed by atoms with Crippen LogP contribution in [0.4, 0.5) is 0 Å². The predicted molar refractivity (Wildman–Crippen MR) is 104 cm³/mol. The highest BCUT2D eigenvalue weighted by Crippen LogP contribution is 2.28.